The third kappa shape index (κ3) is 4.56. The van der Waals surface area contributed by atoms with E-state index in [4.69, 9.17) is 4.42 Å². The Bertz CT molecular complexity index is 1110. The summed E-state index contributed by atoms with van der Waals surface area (Å²) < 4.78 is 30.8. The first-order chi connectivity index (χ1) is 13.3. The number of anilines is 1. The second-order valence-corrected chi connectivity index (χ2v) is 9.13. The number of aryl methyl sites for hydroxylation is 1. The van der Waals surface area contributed by atoms with Crippen LogP contribution in [0.5, 0.6) is 0 Å². The number of furan rings is 1. The van der Waals surface area contributed by atoms with Gasteiger partial charge in [0.2, 0.25) is 15.9 Å². The van der Waals surface area contributed by atoms with E-state index in [0.717, 1.165) is 15.6 Å². The van der Waals surface area contributed by atoms with Gasteiger partial charge in [0, 0.05) is 31.1 Å². The van der Waals surface area contributed by atoms with Gasteiger partial charge in [-0.2, -0.15) is 0 Å². The van der Waals surface area contributed by atoms with E-state index < -0.39 is 10.0 Å². The number of sulfonamides is 1. The number of benzene rings is 1. The zero-order chi connectivity index (χ0) is 20.3. The maximum Gasteiger partial charge on any atom is 0.250 e. The van der Waals surface area contributed by atoms with Crippen LogP contribution in [0.25, 0.3) is 17.3 Å². The molecule has 146 valence electrons. The van der Waals surface area contributed by atoms with Gasteiger partial charge in [0.1, 0.15) is 11.5 Å². The van der Waals surface area contributed by atoms with Gasteiger partial charge in [-0.25, -0.2) is 17.7 Å². The van der Waals surface area contributed by atoms with Crippen LogP contribution in [0.3, 0.4) is 0 Å². The van der Waals surface area contributed by atoms with Crippen molar-refractivity contribution in [3.63, 3.8) is 0 Å². The number of hydrogen-bond acceptors (Lipinski definition) is 6. The molecular formula is C19H19N3O4S2. The maximum atomic E-state index is 12.1. The lowest BCUT2D eigenvalue weighted by Gasteiger charge is -2.11. The molecule has 1 amide bonds. The van der Waals surface area contributed by atoms with Crippen LogP contribution in [0, 0.1) is 6.92 Å². The van der Waals surface area contributed by atoms with Crippen molar-refractivity contribution in [1.29, 1.82) is 0 Å². The Kier molecular flexibility index (Phi) is 5.78. The van der Waals surface area contributed by atoms with E-state index >= 15 is 0 Å². The van der Waals surface area contributed by atoms with E-state index in [1.807, 2.05) is 13.0 Å². The summed E-state index contributed by atoms with van der Waals surface area (Å²) in [6, 6.07) is 10.1. The Morgan fingerprint density at radius 3 is 2.50 bits per heavy atom. The van der Waals surface area contributed by atoms with Gasteiger partial charge in [-0.15, -0.1) is 11.3 Å². The van der Waals surface area contributed by atoms with E-state index in [1.54, 1.807) is 29.7 Å². The van der Waals surface area contributed by atoms with Crippen LogP contribution in [-0.4, -0.2) is 37.7 Å². The van der Waals surface area contributed by atoms with Crippen LogP contribution < -0.4 is 5.32 Å². The predicted octanol–water partition coefficient (Wildman–Crippen LogP) is 3.61. The molecular weight excluding hydrogens is 398 g/mol. The predicted molar refractivity (Wildman–Crippen MR) is 110 cm³/mol. The molecule has 0 radical (unpaired) electrons. The average molecular weight is 418 g/mol. The fourth-order valence-corrected chi connectivity index (χ4v) is 3.94. The number of aromatic nitrogens is 1. The second kappa shape index (κ2) is 8.09. The zero-order valence-electron chi connectivity index (χ0n) is 15.5. The van der Waals surface area contributed by atoms with Crippen molar-refractivity contribution in [2.45, 2.75) is 11.8 Å². The molecule has 0 fully saturated rings. The maximum absolute atomic E-state index is 12.1. The zero-order valence-corrected chi connectivity index (χ0v) is 17.2. The fourth-order valence-electron chi connectivity index (χ4n) is 2.32. The smallest absolute Gasteiger partial charge is 0.250 e. The molecule has 0 atom stereocenters. The number of thiazole rings is 1. The lowest BCUT2D eigenvalue weighted by Crippen LogP contribution is -2.22. The molecule has 3 rings (SSSR count). The Balaban J connectivity index is 1.68. The highest BCUT2D eigenvalue weighted by molar-refractivity contribution is 7.89. The van der Waals surface area contributed by atoms with Crippen molar-refractivity contribution >= 4 is 38.5 Å². The van der Waals surface area contributed by atoms with Gasteiger partial charge >= 0.3 is 0 Å². The molecule has 9 heteroatoms. The van der Waals surface area contributed by atoms with Crippen LogP contribution in [0.1, 0.15) is 11.5 Å². The van der Waals surface area contributed by atoms with Gasteiger partial charge in [0.05, 0.1) is 10.6 Å². The van der Waals surface area contributed by atoms with Gasteiger partial charge in [-0.1, -0.05) is 12.1 Å². The third-order valence-electron chi connectivity index (χ3n) is 3.82. The van der Waals surface area contributed by atoms with Crippen molar-refractivity contribution in [2.24, 2.45) is 0 Å². The molecule has 1 aromatic carbocycles. The first-order valence-corrected chi connectivity index (χ1v) is 10.6. The molecule has 0 bridgehead atoms. The van der Waals surface area contributed by atoms with Crippen molar-refractivity contribution < 1.29 is 17.6 Å². The highest BCUT2D eigenvalue weighted by atomic mass is 32.2. The molecule has 0 spiro atoms. The number of nitrogens with one attached hydrogen (secondary N) is 1. The number of amides is 1. The summed E-state index contributed by atoms with van der Waals surface area (Å²) in [6.45, 7) is 1.83. The monoisotopic (exact) mass is 417 g/mol. The topological polar surface area (TPSA) is 92.5 Å². The number of carbonyl (C=O) groups is 1. The Morgan fingerprint density at radius 1 is 1.18 bits per heavy atom. The fraction of sp³-hybridized carbons (Fsp3) is 0.158. The Morgan fingerprint density at radius 2 is 1.89 bits per heavy atom. The van der Waals surface area contributed by atoms with E-state index in [0.29, 0.717) is 16.6 Å². The number of hydrogen-bond donors (Lipinski definition) is 1. The van der Waals surface area contributed by atoms with Crippen LogP contribution in [-0.2, 0) is 14.8 Å². The Labute approximate surface area is 167 Å². The van der Waals surface area contributed by atoms with Crippen LogP contribution in [0.15, 0.2) is 57.2 Å². The number of carbonyl (C=O) groups excluding carboxylic acids is 1. The highest BCUT2D eigenvalue weighted by Gasteiger charge is 2.17. The Hall–Kier alpha value is -2.75. The van der Waals surface area contributed by atoms with E-state index in [9.17, 15) is 13.2 Å². The first-order valence-electron chi connectivity index (χ1n) is 8.30. The van der Waals surface area contributed by atoms with Crippen LogP contribution >= 0.6 is 11.3 Å². The lowest BCUT2D eigenvalue weighted by molar-refractivity contribution is -0.111. The molecule has 0 aliphatic carbocycles. The van der Waals surface area contributed by atoms with Gasteiger partial charge < -0.3 is 4.42 Å². The summed E-state index contributed by atoms with van der Waals surface area (Å²) in [5.41, 5.74) is 1.41. The molecule has 0 saturated heterocycles. The molecule has 0 saturated carbocycles. The normalized spacial score (nSPS) is 12.0. The quantitative estimate of drug-likeness (QED) is 0.619. The van der Waals surface area contributed by atoms with Crippen molar-refractivity contribution in [1.82, 2.24) is 9.29 Å². The SMILES string of the molecule is Cc1ccc(/C=C/C(=O)Nc2nc(-c3ccc(S(=O)(=O)N(C)C)cc3)cs2)o1. The largest absolute Gasteiger partial charge is 0.462 e. The molecule has 0 aliphatic heterocycles. The minimum atomic E-state index is -3.47. The molecule has 28 heavy (non-hydrogen) atoms. The average Bonchev–Trinajstić information content (AvgIpc) is 3.29. The molecule has 0 aliphatic rings. The van der Waals surface area contributed by atoms with Gasteiger partial charge in [0.15, 0.2) is 5.13 Å². The van der Waals surface area contributed by atoms with Crippen molar-refractivity contribution in [3.05, 3.63) is 59.4 Å². The lowest BCUT2D eigenvalue weighted by atomic mass is 10.2. The van der Waals surface area contributed by atoms with Gasteiger partial charge in [-0.3, -0.25) is 10.1 Å². The van der Waals surface area contributed by atoms with Crippen molar-refractivity contribution in [3.8, 4) is 11.3 Å². The minimum absolute atomic E-state index is 0.211. The summed E-state index contributed by atoms with van der Waals surface area (Å²) in [6.07, 6.45) is 2.96. The summed E-state index contributed by atoms with van der Waals surface area (Å²) >= 11 is 1.29. The summed E-state index contributed by atoms with van der Waals surface area (Å²) in [5.74, 6) is 1.05. The van der Waals surface area contributed by atoms with Gasteiger partial charge in [0.25, 0.3) is 0 Å². The van der Waals surface area contributed by atoms with Gasteiger partial charge in [-0.05, 0) is 37.3 Å². The summed E-state index contributed by atoms with van der Waals surface area (Å²) in [5, 5.41) is 4.94. The third-order valence-corrected chi connectivity index (χ3v) is 6.41. The van der Waals surface area contributed by atoms with Crippen LogP contribution in [0.4, 0.5) is 5.13 Å². The van der Waals surface area contributed by atoms with Crippen molar-refractivity contribution in [2.75, 3.05) is 19.4 Å². The second-order valence-electron chi connectivity index (χ2n) is 6.12. The molecule has 3 aromatic rings. The standard InChI is InChI=1S/C19H19N3O4S2/c1-13-4-7-15(26-13)8-11-18(23)21-19-20-17(12-27-19)14-5-9-16(10-6-14)28(24,25)22(2)3/h4-12H,1-3H3,(H,20,21,23)/b11-8+. The van der Waals surface area contributed by atoms with E-state index in [1.165, 1.54) is 43.6 Å². The highest BCUT2D eigenvalue weighted by Crippen LogP contribution is 2.26. The molecule has 1 N–H and O–H groups in total. The molecule has 2 aromatic heterocycles. The summed E-state index contributed by atoms with van der Waals surface area (Å²) in [7, 11) is -0.499. The number of nitrogens with zero attached hydrogens (tertiary/aromatic N) is 2. The number of rotatable bonds is 6. The van der Waals surface area contributed by atoms with E-state index in [2.05, 4.69) is 10.3 Å². The van der Waals surface area contributed by atoms with E-state index in [-0.39, 0.29) is 10.8 Å². The molecule has 7 nitrogen and oxygen atoms in total. The van der Waals surface area contributed by atoms with Crippen LogP contribution in [0.2, 0.25) is 0 Å². The molecule has 2 heterocycles. The summed E-state index contributed by atoms with van der Waals surface area (Å²) in [4.78, 5) is 16.6. The minimum Gasteiger partial charge on any atom is -0.462 e. The molecule has 0 unspecified atom stereocenters. The first kappa shape index (κ1) is 20.0.